The first-order valence-electron chi connectivity index (χ1n) is 13.4. The highest BCUT2D eigenvalue weighted by Crippen LogP contribution is 2.41. The minimum atomic E-state index is -4.52. The van der Waals surface area contributed by atoms with Crippen LogP contribution in [0.2, 0.25) is 0 Å². The van der Waals surface area contributed by atoms with Gasteiger partial charge in [-0.05, 0) is 50.3 Å². The van der Waals surface area contributed by atoms with Gasteiger partial charge in [0.1, 0.15) is 11.4 Å². The lowest BCUT2D eigenvalue weighted by Crippen LogP contribution is -2.51. The number of hydrogen-bond acceptors (Lipinski definition) is 4. The van der Waals surface area contributed by atoms with Crippen molar-refractivity contribution in [3.63, 3.8) is 0 Å². The molecule has 0 bridgehead atoms. The van der Waals surface area contributed by atoms with Gasteiger partial charge < -0.3 is 10.0 Å². The van der Waals surface area contributed by atoms with Crippen LogP contribution in [0, 0.1) is 5.92 Å². The van der Waals surface area contributed by atoms with E-state index in [2.05, 4.69) is 0 Å². The average Bonchev–Trinajstić information content (AvgIpc) is 3.18. The van der Waals surface area contributed by atoms with Crippen LogP contribution in [0.15, 0.2) is 53.5 Å². The molecule has 1 fully saturated rings. The molecule has 1 N–H and O–H groups in total. The first kappa shape index (κ1) is 28.5. The smallest absolute Gasteiger partial charge is 0.416 e. The molecule has 2 aromatic rings. The molecule has 1 aliphatic heterocycles. The van der Waals surface area contributed by atoms with Gasteiger partial charge in [0.05, 0.1) is 5.56 Å². The van der Waals surface area contributed by atoms with Crippen LogP contribution in [-0.2, 0) is 22.2 Å². The maximum atomic E-state index is 13.7. The normalized spacial score (nSPS) is 20.3. The number of aliphatic carboxylic acids is 1. The molecule has 2 aliphatic rings. The van der Waals surface area contributed by atoms with Crippen LogP contribution in [0.5, 0.6) is 0 Å². The number of carboxylic acid groups (broad SMARTS) is 1. The van der Waals surface area contributed by atoms with Gasteiger partial charge in [-0.25, -0.2) is 0 Å². The number of carbonyl (C=O) groups excluding carboxylic acids is 2. The van der Waals surface area contributed by atoms with E-state index in [1.807, 2.05) is 19.1 Å². The number of carbonyl (C=O) groups is 3. The Morgan fingerprint density at radius 3 is 2.38 bits per heavy atom. The van der Waals surface area contributed by atoms with Crippen molar-refractivity contribution < 1.29 is 32.7 Å². The first-order valence-corrected chi connectivity index (χ1v) is 13.4. The standard InChI is InChI=1S/C30H33F3N2O4/c1-29(23-8-3-2-4-9-23)34-27(22-7-5-10-24(19-22)30(31,32)33)28(39)35(29)18-17-20-13-15-21(16-14-20)25(36)11-6-12-26(37)38/h5,7,10,13-16,19,23H,2-4,6,8-9,11-12,17-18H2,1H3,(H,37,38). The van der Waals surface area contributed by atoms with E-state index in [1.54, 1.807) is 17.0 Å². The monoisotopic (exact) mass is 542 g/mol. The lowest BCUT2D eigenvalue weighted by Gasteiger charge is -2.41. The molecule has 6 nitrogen and oxygen atoms in total. The van der Waals surface area contributed by atoms with Crippen LogP contribution in [0.25, 0.3) is 0 Å². The van der Waals surface area contributed by atoms with Crippen LogP contribution in [-0.4, -0.2) is 45.6 Å². The zero-order valence-electron chi connectivity index (χ0n) is 22.0. The number of benzene rings is 2. The number of aliphatic imine (C=N–C) groups is 1. The highest BCUT2D eigenvalue weighted by Gasteiger charge is 2.48. The van der Waals surface area contributed by atoms with Gasteiger partial charge in [0.15, 0.2) is 5.78 Å². The lowest BCUT2D eigenvalue weighted by molar-refractivity contribution is -0.138. The van der Waals surface area contributed by atoms with E-state index in [-0.39, 0.29) is 48.1 Å². The van der Waals surface area contributed by atoms with E-state index in [9.17, 15) is 27.6 Å². The fraction of sp³-hybridized carbons (Fsp3) is 0.467. The number of hydrogen-bond donors (Lipinski definition) is 1. The molecule has 1 saturated carbocycles. The Labute approximate surface area is 225 Å². The molecule has 1 amide bonds. The summed E-state index contributed by atoms with van der Waals surface area (Å²) in [5.74, 6) is -1.31. The fourth-order valence-corrected chi connectivity index (χ4v) is 5.63. The third-order valence-corrected chi connectivity index (χ3v) is 7.87. The Bertz CT molecular complexity index is 1250. The van der Waals surface area contributed by atoms with Crippen LogP contribution < -0.4 is 0 Å². The highest BCUT2D eigenvalue weighted by atomic mass is 19.4. The second-order valence-electron chi connectivity index (χ2n) is 10.5. The van der Waals surface area contributed by atoms with Crippen molar-refractivity contribution in [1.29, 1.82) is 0 Å². The Morgan fingerprint density at radius 1 is 1.05 bits per heavy atom. The summed E-state index contributed by atoms with van der Waals surface area (Å²) in [4.78, 5) is 43.2. The Hall–Kier alpha value is -3.49. The number of ketones is 1. The summed E-state index contributed by atoms with van der Waals surface area (Å²) < 4.78 is 40.1. The van der Waals surface area contributed by atoms with Crippen LogP contribution in [0.4, 0.5) is 13.2 Å². The minimum absolute atomic E-state index is 0.0575. The SMILES string of the molecule is CC1(C2CCCCC2)N=C(c2cccc(C(F)(F)F)c2)C(=O)N1CCc1ccc(C(=O)CCCC(=O)O)cc1. The summed E-state index contributed by atoms with van der Waals surface area (Å²) in [5.41, 5.74) is -0.0132. The molecule has 9 heteroatoms. The Kier molecular flexibility index (Phi) is 8.57. The van der Waals surface area contributed by atoms with Gasteiger partial charge in [-0.1, -0.05) is 55.7 Å². The number of Topliss-reactive ketones (excluding diaryl/α,β-unsaturated/α-hetero) is 1. The van der Waals surface area contributed by atoms with Crippen molar-refractivity contribution in [3.05, 3.63) is 70.8 Å². The molecule has 39 heavy (non-hydrogen) atoms. The Balaban J connectivity index is 1.52. The number of alkyl halides is 3. The van der Waals surface area contributed by atoms with Gasteiger partial charge in [-0.3, -0.25) is 19.4 Å². The molecule has 0 radical (unpaired) electrons. The largest absolute Gasteiger partial charge is 0.481 e. The van der Waals surface area contributed by atoms with Gasteiger partial charge in [-0.2, -0.15) is 13.2 Å². The minimum Gasteiger partial charge on any atom is -0.481 e. The molecule has 1 unspecified atom stereocenters. The second-order valence-corrected chi connectivity index (χ2v) is 10.5. The maximum absolute atomic E-state index is 13.7. The average molecular weight is 543 g/mol. The lowest BCUT2D eigenvalue weighted by atomic mass is 9.80. The summed E-state index contributed by atoms with van der Waals surface area (Å²) >= 11 is 0. The molecule has 4 rings (SSSR count). The van der Waals surface area contributed by atoms with E-state index in [1.165, 1.54) is 12.1 Å². The molecule has 1 aliphatic carbocycles. The van der Waals surface area contributed by atoms with Gasteiger partial charge in [0.25, 0.3) is 5.91 Å². The third-order valence-electron chi connectivity index (χ3n) is 7.87. The van der Waals surface area contributed by atoms with Gasteiger partial charge in [0.2, 0.25) is 0 Å². The van der Waals surface area contributed by atoms with Crippen molar-refractivity contribution in [1.82, 2.24) is 4.90 Å². The van der Waals surface area contributed by atoms with Crippen molar-refractivity contribution in [2.24, 2.45) is 10.9 Å². The van der Waals surface area contributed by atoms with Crippen LogP contribution in [0.1, 0.15) is 85.3 Å². The number of amides is 1. The van der Waals surface area contributed by atoms with Gasteiger partial charge in [0, 0.05) is 36.4 Å². The molecule has 1 heterocycles. The van der Waals surface area contributed by atoms with E-state index in [0.717, 1.165) is 49.8 Å². The number of nitrogens with zero attached hydrogens (tertiary/aromatic N) is 2. The summed E-state index contributed by atoms with van der Waals surface area (Å²) in [6.45, 7) is 2.25. The highest BCUT2D eigenvalue weighted by molar-refractivity contribution is 6.46. The number of rotatable bonds is 10. The molecule has 1 atom stereocenters. The summed E-state index contributed by atoms with van der Waals surface area (Å²) in [5, 5.41) is 8.75. The van der Waals surface area contributed by atoms with E-state index in [0.29, 0.717) is 18.5 Å². The first-order chi connectivity index (χ1) is 18.5. The zero-order chi connectivity index (χ0) is 28.2. The van der Waals surface area contributed by atoms with E-state index < -0.39 is 23.4 Å². The third kappa shape index (κ3) is 6.57. The van der Waals surface area contributed by atoms with Gasteiger partial charge >= 0.3 is 12.1 Å². The van der Waals surface area contributed by atoms with Crippen LogP contribution >= 0.6 is 0 Å². The second kappa shape index (κ2) is 11.7. The molecule has 2 aromatic carbocycles. The van der Waals surface area contributed by atoms with Crippen molar-refractivity contribution in [2.75, 3.05) is 6.54 Å². The van der Waals surface area contributed by atoms with E-state index in [4.69, 9.17) is 10.1 Å². The number of halogens is 3. The summed E-state index contributed by atoms with van der Waals surface area (Å²) in [7, 11) is 0. The van der Waals surface area contributed by atoms with Crippen LogP contribution in [0.3, 0.4) is 0 Å². The molecule has 0 aromatic heterocycles. The predicted molar refractivity (Wildman–Crippen MR) is 141 cm³/mol. The Morgan fingerprint density at radius 2 is 1.74 bits per heavy atom. The summed E-state index contributed by atoms with van der Waals surface area (Å²) in [6, 6.07) is 11.8. The molecule has 208 valence electrons. The van der Waals surface area contributed by atoms with Crippen molar-refractivity contribution >= 4 is 23.4 Å². The topological polar surface area (TPSA) is 87.0 Å². The molecular formula is C30H33F3N2O4. The summed E-state index contributed by atoms with van der Waals surface area (Å²) in [6.07, 6.45) is 1.32. The molecule has 0 spiro atoms. The maximum Gasteiger partial charge on any atom is 0.416 e. The quantitative estimate of drug-likeness (QED) is 0.356. The van der Waals surface area contributed by atoms with Crippen molar-refractivity contribution in [3.8, 4) is 0 Å². The molecular weight excluding hydrogens is 509 g/mol. The molecule has 0 saturated heterocycles. The number of carboxylic acids is 1. The zero-order valence-corrected chi connectivity index (χ0v) is 22.0. The van der Waals surface area contributed by atoms with E-state index >= 15 is 0 Å². The van der Waals surface area contributed by atoms with Crippen molar-refractivity contribution in [2.45, 2.75) is 76.6 Å². The van der Waals surface area contributed by atoms with Gasteiger partial charge in [-0.15, -0.1) is 0 Å². The fourth-order valence-electron chi connectivity index (χ4n) is 5.63. The predicted octanol–water partition coefficient (Wildman–Crippen LogP) is 6.31.